The van der Waals surface area contributed by atoms with Crippen molar-refractivity contribution in [2.45, 2.75) is 13.3 Å². The normalized spacial score (nSPS) is 10.5. The Hall–Kier alpha value is -3.08. The summed E-state index contributed by atoms with van der Waals surface area (Å²) < 4.78 is 5.23. The smallest absolute Gasteiger partial charge is 0.246 e. The number of aryl methyl sites for hydroxylation is 1. The third-order valence-corrected chi connectivity index (χ3v) is 4.01. The van der Waals surface area contributed by atoms with Gasteiger partial charge in [0.1, 0.15) is 5.69 Å². The number of rotatable bonds is 6. The number of anilines is 2. The molecule has 1 N–H and O–H groups in total. The molecule has 0 bridgehead atoms. The van der Waals surface area contributed by atoms with E-state index in [1.165, 1.54) is 5.56 Å². The molecule has 0 radical (unpaired) electrons. The van der Waals surface area contributed by atoms with Crippen LogP contribution in [-0.2, 0) is 11.2 Å². The summed E-state index contributed by atoms with van der Waals surface area (Å²) in [6.45, 7) is 2.34. The number of nitrogens with zero attached hydrogens (tertiary/aromatic N) is 2. The first-order chi connectivity index (χ1) is 12.2. The lowest BCUT2D eigenvalue weighted by atomic mass is 10.1. The summed E-state index contributed by atoms with van der Waals surface area (Å²) in [5, 5.41) is 6.77. The second-order valence-electron chi connectivity index (χ2n) is 5.87. The van der Waals surface area contributed by atoms with E-state index >= 15 is 0 Å². The Labute approximate surface area is 147 Å². The van der Waals surface area contributed by atoms with Gasteiger partial charge in [-0.2, -0.15) is 0 Å². The molecule has 1 heterocycles. The maximum atomic E-state index is 12.2. The average Bonchev–Trinajstić information content (AvgIpc) is 3.10. The van der Waals surface area contributed by atoms with Gasteiger partial charge in [0.15, 0.2) is 0 Å². The summed E-state index contributed by atoms with van der Waals surface area (Å²) in [5.74, 6) is 0.191. The molecular weight excluding hydrogens is 314 g/mol. The lowest BCUT2D eigenvalue weighted by molar-refractivity contribution is -0.115. The highest BCUT2D eigenvalue weighted by Gasteiger charge is 2.12. The number of hydrogen-bond acceptors (Lipinski definition) is 4. The first-order valence-electron chi connectivity index (χ1n) is 8.28. The molecule has 0 saturated carbocycles. The molecule has 1 amide bonds. The molecule has 0 fully saturated rings. The Balaban J connectivity index is 1.61. The van der Waals surface area contributed by atoms with Crippen molar-refractivity contribution in [3.05, 3.63) is 66.2 Å². The van der Waals surface area contributed by atoms with Gasteiger partial charge >= 0.3 is 0 Å². The second kappa shape index (κ2) is 7.66. The molecule has 0 saturated heterocycles. The molecule has 128 valence electrons. The van der Waals surface area contributed by atoms with E-state index in [-0.39, 0.29) is 12.5 Å². The Bertz CT molecular complexity index is 826. The molecule has 0 unspecified atom stereocenters. The van der Waals surface area contributed by atoms with E-state index in [2.05, 4.69) is 29.5 Å². The molecule has 25 heavy (non-hydrogen) atoms. The minimum atomic E-state index is -0.157. The first-order valence-corrected chi connectivity index (χ1v) is 8.28. The molecular formula is C20H21N3O2. The standard InChI is InChI=1S/C20H21N3O2/c1-3-15-9-11-16(12-10-15)18-13-20(25-22-18)21-19(24)14-23(2)17-7-5-4-6-8-17/h4-13H,3,14H2,1-2H3,(H,21,24). The van der Waals surface area contributed by atoms with E-state index in [1.807, 2.05) is 54.4 Å². The maximum absolute atomic E-state index is 12.2. The summed E-state index contributed by atoms with van der Waals surface area (Å²) in [4.78, 5) is 14.1. The molecule has 0 atom stereocenters. The molecule has 5 nitrogen and oxygen atoms in total. The number of nitrogens with one attached hydrogen (secondary N) is 1. The highest BCUT2D eigenvalue weighted by Crippen LogP contribution is 2.22. The molecule has 0 aliphatic rings. The summed E-state index contributed by atoms with van der Waals surface area (Å²) in [6, 6.07) is 19.6. The van der Waals surface area contributed by atoms with Crippen molar-refractivity contribution < 1.29 is 9.32 Å². The molecule has 0 aliphatic heterocycles. The quantitative estimate of drug-likeness (QED) is 0.740. The van der Waals surface area contributed by atoms with Crippen molar-refractivity contribution in [3.8, 4) is 11.3 Å². The second-order valence-corrected chi connectivity index (χ2v) is 5.87. The number of likely N-dealkylation sites (N-methyl/N-ethyl adjacent to an activating group) is 1. The summed E-state index contributed by atoms with van der Waals surface area (Å²) in [6.07, 6.45) is 0.995. The zero-order valence-corrected chi connectivity index (χ0v) is 14.4. The van der Waals surface area contributed by atoms with Gasteiger partial charge < -0.3 is 9.42 Å². The number of hydrogen-bond donors (Lipinski definition) is 1. The van der Waals surface area contributed by atoms with Crippen LogP contribution in [0.4, 0.5) is 11.6 Å². The van der Waals surface area contributed by atoms with Gasteiger partial charge in [0.05, 0.1) is 6.54 Å². The molecule has 1 aromatic heterocycles. The zero-order valence-electron chi connectivity index (χ0n) is 14.4. The van der Waals surface area contributed by atoms with Gasteiger partial charge in [-0.15, -0.1) is 0 Å². The third kappa shape index (κ3) is 4.26. The number of aromatic nitrogens is 1. The van der Waals surface area contributed by atoms with Crippen molar-refractivity contribution in [2.24, 2.45) is 0 Å². The van der Waals surface area contributed by atoms with E-state index < -0.39 is 0 Å². The number of benzene rings is 2. The fraction of sp³-hybridized carbons (Fsp3) is 0.200. The van der Waals surface area contributed by atoms with Crippen LogP contribution in [0.1, 0.15) is 12.5 Å². The van der Waals surface area contributed by atoms with Gasteiger partial charge in [-0.1, -0.05) is 54.5 Å². The van der Waals surface area contributed by atoms with Crippen LogP contribution in [0.25, 0.3) is 11.3 Å². The van der Waals surface area contributed by atoms with E-state index in [1.54, 1.807) is 6.07 Å². The predicted molar refractivity (Wildman–Crippen MR) is 99.7 cm³/mol. The van der Waals surface area contributed by atoms with Gasteiger partial charge in [-0.05, 0) is 24.1 Å². The van der Waals surface area contributed by atoms with Gasteiger partial charge in [0, 0.05) is 24.4 Å². The zero-order chi connectivity index (χ0) is 17.6. The largest absolute Gasteiger partial charge is 0.365 e. The summed E-state index contributed by atoms with van der Waals surface area (Å²) >= 11 is 0. The van der Waals surface area contributed by atoms with Crippen LogP contribution in [-0.4, -0.2) is 24.7 Å². The van der Waals surface area contributed by atoms with Crippen LogP contribution in [0, 0.1) is 0 Å². The molecule has 0 spiro atoms. The Morgan fingerprint density at radius 3 is 2.52 bits per heavy atom. The van der Waals surface area contributed by atoms with Crippen molar-refractivity contribution in [2.75, 3.05) is 23.8 Å². The number of para-hydroxylation sites is 1. The fourth-order valence-corrected chi connectivity index (χ4v) is 2.55. The monoisotopic (exact) mass is 335 g/mol. The summed E-state index contributed by atoms with van der Waals surface area (Å²) in [7, 11) is 1.87. The van der Waals surface area contributed by atoms with Gasteiger partial charge in [-0.3, -0.25) is 10.1 Å². The molecule has 0 aliphatic carbocycles. The van der Waals surface area contributed by atoms with Crippen molar-refractivity contribution in [1.82, 2.24) is 5.16 Å². The lowest BCUT2D eigenvalue weighted by Gasteiger charge is -2.17. The molecule has 5 heteroatoms. The topological polar surface area (TPSA) is 58.4 Å². The fourth-order valence-electron chi connectivity index (χ4n) is 2.55. The highest BCUT2D eigenvalue weighted by molar-refractivity contribution is 5.93. The first kappa shape index (κ1) is 16.8. The van der Waals surface area contributed by atoms with Crippen molar-refractivity contribution >= 4 is 17.5 Å². The molecule has 3 aromatic rings. The Morgan fingerprint density at radius 2 is 1.84 bits per heavy atom. The summed E-state index contributed by atoms with van der Waals surface area (Å²) in [5.41, 5.74) is 3.91. The third-order valence-electron chi connectivity index (χ3n) is 4.01. The SMILES string of the molecule is CCc1ccc(-c2cc(NC(=O)CN(C)c3ccccc3)on2)cc1. The van der Waals surface area contributed by atoms with Crippen LogP contribution in [0.2, 0.25) is 0 Å². The minimum absolute atomic E-state index is 0.157. The minimum Gasteiger partial charge on any atom is -0.365 e. The van der Waals surface area contributed by atoms with Crippen LogP contribution in [0.15, 0.2) is 65.2 Å². The van der Waals surface area contributed by atoms with Gasteiger partial charge in [0.25, 0.3) is 0 Å². The Kier molecular flexibility index (Phi) is 5.14. The lowest BCUT2D eigenvalue weighted by Crippen LogP contribution is -2.29. The van der Waals surface area contributed by atoms with Crippen LogP contribution >= 0.6 is 0 Å². The van der Waals surface area contributed by atoms with E-state index in [0.29, 0.717) is 11.6 Å². The molecule has 2 aromatic carbocycles. The number of carbonyl (C=O) groups is 1. The van der Waals surface area contributed by atoms with Gasteiger partial charge in [0.2, 0.25) is 11.8 Å². The van der Waals surface area contributed by atoms with Gasteiger partial charge in [-0.25, -0.2) is 0 Å². The van der Waals surface area contributed by atoms with Crippen LogP contribution in [0.3, 0.4) is 0 Å². The maximum Gasteiger partial charge on any atom is 0.246 e. The van der Waals surface area contributed by atoms with Crippen LogP contribution < -0.4 is 10.2 Å². The van der Waals surface area contributed by atoms with Crippen molar-refractivity contribution in [1.29, 1.82) is 0 Å². The highest BCUT2D eigenvalue weighted by atomic mass is 16.5. The van der Waals surface area contributed by atoms with E-state index in [9.17, 15) is 4.79 Å². The Morgan fingerprint density at radius 1 is 1.12 bits per heavy atom. The average molecular weight is 335 g/mol. The van der Waals surface area contributed by atoms with E-state index in [0.717, 1.165) is 17.7 Å². The van der Waals surface area contributed by atoms with E-state index in [4.69, 9.17) is 4.52 Å². The predicted octanol–water partition coefficient (Wildman–Crippen LogP) is 3.98. The number of amides is 1. The van der Waals surface area contributed by atoms with Crippen molar-refractivity contribution in [3.63, 3.8) is 0 Å². The number of carbonyl (C=O) groups excluding carboxylic acids is 1. The molecule has 3 rings (SSSR count). The van der Waals surface area contributed by atoms with Crippen LogP contribution in [0.5, 0.6) is 0 Å².